The third-order valence-electron chi connectivity index (χ3n) is 4.68. The Bertz CT molecular complexity index is 724. The number of hydrogen-bond donors (Lipinski definition) is 1. The minimum Gasteiger partial charge on any atom is -0.481 e. The van der Waals surface area contributed by atoms with Gasteiger partial charge in [-0.25, -0.2) is 0 Å². The van der Waals surface area contributed by atoms with E-state index in [2.05, 4.69) is 51.2 Å². The molecule has 25 heavy (non-hydrogen) atoms. The van der Waals surface area contributed by atoms with Gasteiger partial charge in [0.05, 0.1) is 6.04 Å². The predicted molar refractivity (Wildman–Crippen MR) is 103 cm³/mol. The van der Waals surface area contributed by atoms with E-state index in [1.165, 1.54) is 11.1 Å². The number of carbonyl (C=O) groups is 1. The zero-order valence-corrected chi connectivity index (χ0v) is 15.9. The Labute approximate surface area is 151 Å². The number of para-hydroxylation sites is 1. The molecule has 0 aliphatic heterocycles. The number of aryl methyl sites for hydroxylation is 3. The number of hydrogen-bond acceptors (Lipinski definition) is 2. The van der Waals surface area contributed by atoms with E-state index in [1.54, 1.807) is 6.92 Å². The van der Waals surface area contributed by atoms with Gasteiger partial charge in [-0.1, -0.05) is 50.2 Å². The Balaban J connectivity index is 2.06. The molecular formula is C22H29NO2. The zero-order valence-electron chi connectivity index (χ0n) is 15.9. The van der Waals surface area contributed by atoms with Crippen molar-refractivity contribution in [2.45, 2.75) is 59.6 Å². The van der Waals surface area contributed by atoms with Crippen molar-refractivity contribution in [1.29, 1.82) is 0 Å². The first-order valence-corrected chi connectivity index (χ1v) is 9.08. The fraction of sp³-hybridized carbons (Fsp3) is 0.409. The van der Waals surface area contributed by atoms with Crippen LogP contribution in [0.5, 0.6) is 5.75 Å². The van der Waals surface area contributed by atoms with E-state index in [1.807, 2.05) is 24.3 Å². The van der Waals surface area contributed by atoms with Crippen LogP contribution in [-0.4, -0.2) is 12.0 Å². The molecule has 0 aliphatic carbocycles. The molecule has 1 amide bonds. The fourth-order valence-electron chi connectivity index (χ4n) is 2.85. The van der Waals surface area contributed by atoms with Gasteiger partial charge < -0.3 is 10.1 Å². The van der Waals surface area contributed by atoms with Crippen LogP contribution in [0, 0.1) is 13.8 Å². The van der Waals surface area contributed by atoms with Crippen molar-refractivity contribution in [3.8, 4) is 5.75 Å². The highest BCUT2D eigenvalue weighted by molar-refractivity contribution is 5.81. The van der Waals surface area contributed by atoms with Gasteiger partial charge in [0, 0.05) is 0 Å². The van der Waals surface area contributed by atoms with Gasteiger partial charge in [-0.2, -0.15) is 0 Å². The van der Waals surface area contributed by atoms with Crippen LogP contribution in [0.2, 0.25) is 0 Å². The van der Waals surface area contributed by atoms with Gasteiger partial charge in [0.15, 0.2) is 6.10 Å². The Hall–Kier alpha value is -2.29. The van der Waals surface area contributed by atoms with Gasteiger partial charge in [-0.15, -0.1) is 0 Å². The lowest BCUT2D eigenvalue weighted by molar-refractivity contribution is -0.128. The summed E-state index contributed by atoms with van der Waals surface area (Å²) in [6.45, 7) is 10.2. The van der Waals surface area contributed by atoms with Crippen molar-refractivity contribution in [2.24, 2.45) is 0 Å². The molecule has 0 aliphatic rings. The first kappa shape index (κ1) is 19.0. The normalized spacial score (nSPS) is 13.2. The van der Waals surface area contributed by atoms with Crippen molar-refractivity contribution in [3.05, 3.63) is 64.7 Å². The number of benzene rings is 2. The molecule has 1 N–H and O–H groups in total. The summed E-state index contributed by atoms with van der Waals surface area (Å²) < 4.78 is 5.91. The Morgan fingerprint density at radius 2 is 1.80 bits per heavy atom. The van der Waals surface area contributed by atoms with Crippen molar-refractivity contribution in [2.75, 3.05) is 0 Å². The topological polar surface area (TPSA) is 38.3 Å². The van der Waals surface area contributed by atoms with E-state index in [0.29, 0.717) is 0 Å². The first-order valence-electron chi connectivity index (χ1n) is 9.08. The molecule has 0 bridgehead atoms. The second kappa shape index (κ2) is 8.70. The standard InChI is InChI=1S/C22H29NO2/c1-6-18-10-8-9-11-21(18)25-17(5)22(24)23-20(7-2)19-13-12-15(3)16(4)14-19/h8-14,17,20H,6-7H2,1-5H3,(H,23,24)/t17-,20+/m1/s1. The van der Waals surface area contributed by atoms with Crippen LogP contribution in [0.1, 0.15) is 55.5 Å². The summed E-state index contributed by atoms with van der Waals surface area (Å²) in [5.41, 5.74) is 4.76. The average Bonchev–Trinajstić information content (AvgIpc) is 2.62. The zero-order chi connectivity index (χ0) is 18.4. The maximum absolute atomic E-state index is 12.6. The van der Waals surface area contributed by atoms with E-state index in [0.717, 1.165) is 29.7 Å². The smallest absolute Gasteiger partial charge is 0.261 e. The number of carbonyl (C=O) groups excluding carboxylic acids is 1. The fourth-order valence-corrected chi connectivity index (χ4v) is 2.85. The van der Waals surface area contributed by atoms with Crippen molar-refractivity contribution in [1.82, 2.24) is 5.32 Å². The molecule has 0 unspecified atom stereocenters. The Morgan fingerprint density at radius 1 is 1.08 bits per heavy atom. The maximum Gasteiger partial charge on any atom is 0.261 e. The molecule has 0 spiro atoms. The maximum atomic E-state index is 12.6. The van der Waals surface area contributed by atoms with Gasteiger partial charge in [0.1, 0.15) is 5.75 Å². The molecule has 134 valence electrons. The number of ether oxygens (including phenoxy) is 1. The predicted octanol–water partition coefficient (Wildman–Crippen LogP) is 4.90. The minimum atomic E-state index is -0.534. The molecule has 0 aromatic heterocycles. The molecule has 0 heterocycles. The molecule has 3 nitrogen and oxygen atoms in total. The van der Waals surface area contributed by atoms with Crippen LogP contribution < -0.4 is 10.1 Å². The molecule has 2 rings (SSSR count). The molecule has 3 heteroatoms. The molecule has 0 fully saturated rings. The van der Waals surface area contributed by atoms with Crippen molar-refractivity contribution >= 4 is 5.91 Å². The van der Waals surface area contributed by atoms with E-state index in [9.17, 15) is 4.79 Å². The molecule has 2 atom stereocenters. The summed E-state index contributed by atoms with van der Waals surface area (Å²) in [6.07, 6.45) is 1.19. The van der Waals surface area contributed by atoms with Crippen molar-refractivity contribution < 1.29 is 9.53 Å². The minimum absolute atomic E-state index is 0.000677. The van der Waals surface area contributed by atoms with E-state index in [4.69, 9.17) is 4.74 Å². The first-order chi connectivity index (χ1) is 12.0. The SMILES string of the molecule is CCc1ccccc1O[C@H](C)C(=O)N[C@@H](CC)c1ccc(C)c(C)c1. The molecule has 0 saturated heterocycles. The van der Waals surface area contributed by atoms with Crippen LogP contribution in [0.15, 0.2) is 42.5 Å². The van der Waals surface area contributed by atoms with Gasteiger partial charge in [-0.3, -0.25) is 4.79 Å². The Morgan fingerprint density at radius 3 is 2.44 bits per heavy atom. The summed E-state index contributed by atoms with van der Waals surface area (Å²) in [5.74, 6) is 0.697. The Kier molecular flexibility index (Phi) is 6.63. The van der Waals surface area contributed by atoms with Crippen LogP contribution >= 0.6 is 0 Å². The van der Waals surface area contributed by atoms with Crippen LogP contribution in [0.25, 0.3) is 0 Å². The van der Waals surface area contributed by atoms with Gasteiger partial charge in [0.25, 0.3) is 5.91 Å². The summed E-state index contributed by atoms with van der Waals surface area (Å²) >= 11 is 0. The largest absolute Gasteiger partial charge is 0.481 e. The molecule has 0 saturated carbocycles. The number of rotatable bonds is 7. The van der Waals surface area contributed by atoms with E-state index in [-0.39, 0.29) is 11.9 Å². The number of nitrogens with one attached hydrogen (secondary N) is 1. The third-order valence-corrected chi connectivity index (χ3v) is 4.68. The van der Waals surface area contributed by atoms with Gasteiger partial charge in [-0.05, 0) is 61.9 Å². The van der Waals surface area contributed by atoms with E-state index >= 15 is 0 Å². The van der Waals surface area contributed by atoms with Crippen LogP contribution in [0.4, 0.5) is 0 Å². The summed E-state index contributed by atoms with van der Waals surface area (Å²) in [5, 5.41) is 3.12. The van der Waals surface area contributed by atoms with Gasteiger partial charge >= 0.3 is 0 Å². The molecular weight excluding hydrogens is 310 g/mol. The quantitative estimate of drug-likeness (QED) is 0.779. The summed E-state index contributed by atoms with van der Waals surface area (Å²) in [7, 11) is 0. The van der Waals surface area contributed by atoms with Crippen molar-refractivity contribution in [3.63, 3.8) is 0 Å². The molecule has 0 radical (unpaired) electrons. The third kappa shape index (κ3) is 4.85. The second-order valence-corrected chi connectivity index (χ2v) is 6.53. The molecule has 2 aromatic rings. The monoisotopic (exact) mass is 339 g/mol. The van der Waals surface area contributed by atoms with E-state index < -0.39 is 6.10 Å². The average molecular weight is 339 g/mol. The lowest BCUT2D eigenvalue weighted by Crippen LogP contribution is -2.38. The molecule has 2 aromatic carbocycles. The number of amides is 1. The second-order valence-electron chi connectivity index (χ2n) is 6.53. The summed E-state index contributed by atoms with van der Waals surface area (Å²) in [4.78, 5) is 12.6. The van der Waals surface area contributed by atoms with Gasteiger partial charge in [0.2, 0.25) is 0 Å². The highest BCUT2D eigenvalue weighted by atomic mass is 16.5. The van der Waals surface area contributed by atoms with Crippen LogP contribution in [-0.2, 0) is 11.2 Å². The summed E-state index contributed by atoms with van der Waals surface area (Å²) in [6, 6.07) is 14.2. The highest BCUT2D eigenvalue weighted by Crippen LogP contribution is 2.22. The lowest BCUT2D eigenvalue weighted by atomic mass is 9.99. The van der Waals surface area contributed by atoms with Crippen LogP contribution in [0.3, 0.4) is 0 Å². The lowest BCUT2D eigenvalue weighted by Gasteiger charge is -2.22. The highest BCUT2D eigenvalue weighted by Gasteiger charge is 2.20.